The number of aryl methyl sites for hydroxylation is 1. The molecule has 1 aromatic carbocycles. The molecule has 0 fully saturated rings. The lowest BCUT2D eigenvalue weighted by molar-refractivity contribution is -0.148. The molecule has 2 aromatic heterocycles. The van der Waals surface area contributed by atoms with Gasteiger partial charge in [-0.05, 0) is 5.56 Å². The number of nitrogens with one attached hydrogen (secondary N) is 2. The molecule has 0 aliphatic heterocycles. The van der Waals surface area contributed by atoms with Crippen LogP contribution in [0.1, 0.15) is 5.56 Å². The van der Waals surface area contributed by atoms with Crippen LogP contribution in [0.2, 0.25) is 0 Å². The van der Waals surface area contributed by atoms with E-state index in [0.29, 0.717) is 0 Å². The first-order chi connectivity index (χ1) is 14.8. The standard InChI is InChI=1S/C19H20N6O6/c1-23-16-15(17(28)24(2)19(23)30)25(11-21-16)9-14(27)31-10-13(26)22-18(29)20-8-12-6-4-3-5-7-12/h3-7,11H,8-10H2,1-2H3,(H2,20,22,26,29). The Morgan fingerprint density at radius 2 is 1.77 bits per heavy atom. The van der Waals surface area contributed by atoms with Crippen LogP contribution in [0.4, 0.5) is 4.79 Å². The van der Waals surface area contributed by atoms with E-state index in [1.54, 1.807) is 0 Å². The Balaban J connectivity index is 1.53. The first kappa shape index (κ1) is 21.5. The summed E-state index contributed by atoms with van der Waals surface area (Å²) in [5.74, 6) is -1.64. The molecule has 31 heavy (non-hydrogen) atoms. The van der Waals surface area contributed by atoms with Crippen molar-refractivity contribution in [2.45, 2.75) is 13.1 Å². The molecule has 12 heteroatoms. The van der Waals surface area contributed by atoms with Crippen molar-refractivity contribution in [3.8, 4) is 0 Å². The number of fused-ring (bicyclic) bond motifs is 1. The van der Waals surface area contributed by atoms with Crippen molar-refractivity contribution >= 4 is 29.1 Å². The predicted octanol–water partition coefficient (Wildman–Crippen LogP) is -0.997. The molecule has 0 bridgehead atoms. The number of aromatic nitrogens is 4. The quantitative estimate of drug-likeness (QED) is 0.479. The van der Waals surface area contributed by atoms with Crippen LogP contribution in [0.3, 0.4) is 0 Å². The van der Waals surface area contributed by atoms with Crippen molar-refractivity contribution in [1.29, 1.82) is 0 Å². The molecule has 2 heterocycles. The lowest BCUT2D eigenvalue weighted by atomic mass is 10.2. The van der Waals surface area contributed by atoms with Crippen molar-refractivity contribution in [1.82, 2.24) is 29.3 Å². The Hall–Kier alpha value is -4.22. The summed E-state index contributed by atoms with van der Waals surface area (Å²) in [6.45, 7) is -0.858. The monoisotopic (exact) mass is 428 g/mol. The number of benzene rings is 1. The number of imidazole rings is 1. The topological polar surface area (TPSA) is 146 Å². The summed E-state index contributed by atoms with van der Waals surface area (Å²) in [4.78, 5) is 63.9. The third-order valence-electron chi connectivity index (χ3n) is 4.43. The molecule has 0 saturated heterocycles. The van der Waals surface area contributed by atoms with Gasteiger partial charge in [-0.3, -0.25) is 28.8 Å². The maximum Gasteiger partial charge on any atom is 0.332 e. The summed E-state index contributed by atoms with van der Waals surface area (Å²) >= 11 is 0. The number of ether oxygens (including phenoxy) is 1. The Kier molecular flexibility index (Phi) is 6.29. The zero-order chi connectivity index (χ0) is 22.5. The molecule has 0 radical (unpaired) electrons. The molecular weight excluding hydrogens is 408 g/mol. The van der Waals surface area contributed by atoms with Gasteiger partial charge in [0, 0.05) is 20.6 Å². The highest BCUT2D eigenvalue weighted by Gasteiger charge is 2.17. The highest BCUT2D eigenvalue weighted by Crippen LogP contribution is 2.05. The van der Waals surface area contributed by atoms with Gasteiger partial charge < -0.3 is 14.6 Å². The number of nitrogens with zero attached hydrogens (tertiary/aromatic N) is 4. The highest BCUT2D eigenvalue weighted by molar-refractivity contribution is 5.95. The van der Waals surface area contributed by atoms with E-state index in [1.165, 1.54) is 29.6 Å². The number of esters is 1. The van der Waals surface area contributed by atoms with Gasteiger partial charge in [0.15, 0.2) is 17.8 Å². The van der Waals surface area contributed by atoms with Gasteiger partial charge in [0.25, 0.3) is 11.5 Å². The summed E-state index contributed by atoms with van der Waals surface area (Å²) in [6.07, 6.45) is 1.23. The summed E-state index contributed by atoms with van der Waals surface area (Å²) in [7, 11) is 2.76. The van der Waals surface area contributed by atoms with Crippen LogP contribution in [0.5, 0.6) is 0 Å². The predicted molar refractivity (Wildman–Crippen MR) is 108 cm³/mol. The zero-order valence-electron chi connectivity index (χ0n) is 16.8. The van der Waals surface area contributed by atoms with E-state index in [4.69, 9.17) is 4.74 Å². The number of urea groups is 1. The number of hydrogen-bond donors (Lipinski definition) is 2. The third kappa shape index (κ3) is 4.86. The highest BCUT2D eigenvalue weighted by atomic mass is 16.5. The first-order valence-corrected chi connectivity index (χ1v) is 9.16. The average Bonchev–Trinajstić information content (AvgIpc) is 3.17. The van der Waals surface area contributed by atoms with E-state index in [9.17, 15) is 24.0 Å². The van der Waals surface area contributed by atoms with Gasteiger partial charge in [-0.15, -0.1) is 0 Å². The van der Waals surface area contributed by atoms with Gasteiger partial charge >= 0.3 is 17.7 Å². The van der Waals surface area contributed by atoms with Crippen LogP contribution < -0.4 is 21.9 Å². The van der Waals surface area contributed by atoms with E-state index in [-0.39, 0.29) is 17.7 Å². The normalized spacial score (nSPS) is 10.6. The van der Waals surface area contributed by atoms with E-state index < -0.39 is 42.3 Å². The zero-order valence-corrected chi connectivity index (χ0v) is 16.8. The Morgan fingerprint density at radius 3 is 2.48 bits per heavy atom. The SMILES string of the molecule is Cn1c(=O)c2c(ncn2CC(=O)OCC(=O)NC(=O)NCc2ccccc2)n(C)c1=O. The van der Waals surface area contributed by atoms with Gasteiger partial charge in [-0.1, -0.05) is 30.3 Å². The fourth-order valence-corrected chi connectivity index (χ4v) is 2.83. The molecule has 0 aliphatic carbocycles. The minimum Gasteiger partial charge on any atom is -0.454 e. The van der Waals surface area contributed by atoms with Crippen LogP contribution in [0.25, 0.3) is 11.2 Å². The average molecular weight is 428 g/mol. The second-order valence-electron chi connectivity index (χ2n) is 6.63. The van der Waals surface area contributed by atoms with Crippen molar-refractivity contribution < 1.29 is 19.1 Å². The van der Waals surface area contributed by atoms with Crippen LogP contribution in [-0.2, 0) is 41.5 Å². The van der Waals surface area contributed by atoms with Crippen molar-refractivity contribution in [2.75, 3.05) is 6.61 Å². The minimum absolute atomic E-state index is 0.0475. The second-order valence-corrected chi connectivity index (χ2v) is 6.63. The van der Waals surface area contributed by atoms with E-state index in [1.807, 2.05) is 35.6 Å². The van der Waals surface area contributed by atoms with Gasteiger partial charge in [0.1, 0.15) is 6.54 Å². The molecule has 0 saturated carbocycles. The van der Waals surface area contributed by atoms with Crippen molar-refractivity contribution in [2.24, 2.45) is 14.1 Å². The number of imide groups is 1. The van der Waals surface area contributed by atoms with Crippen LogP contribution in [-0.4, -0.2) is 43.2 Å². The van der Waals surface area contributed by atoms with Gasteiger partial charge in [-0.2, -0.15) is 0 Å². The molecule has 3 aromatic rings. The number of amides is 3. The molecular formula is C19H20N6O6. The molecule has 162 valence electrons. The second kappa shape index (κ2) is 9.07. The van der Waals surface area contributed by atoms with Crippen LogP contribution >= 0.6 is 0 Å². The van der Waals surface area contributed by atoms with Crippen LogP contribution in [0.15, 0.2) is 46.2 Å². The fourth-order valence-electron chi connectivity index (χ4n) is 2.83. The smallest absolute Gasteiger partial charge is 0.332 e. The van der Waals surface area contributed by atoms with E-state index in [2.05, 4.69) is 10.3 Å². The summed E-state index contributed by atoms with van der Waals surface area (Å²) < 4.78 is 8.16. The molecule has 12 nitrogen and oxygen atoms in total. The number of carbonyl (C=O) groups is 3. The third-order valence-corrected chi connectivity index (χ3v) is 4.43. The molecule has 0 spiro atoms. The Morgan fingerprint density at radius 1 is 1.06 bits per heavy atom. The maximum absolute atomic E-state index is 12.3. The molecule has 3 rings (SSSR count). The lowest BCUT2D eigenvalue weighted by Gasteiger charge is -2.08. The Labute approximate surface area is 175 Å². The van der Waals surface area contributed by atoms with Crippen molar-refractivity contribution in [3.05, 3.63) is 63.1 Å². The lowest BCUT2D eigenvalue weighted by Crippen LogP contribution is -2.41. The summed E-state index contributed by atoms with van der Waals surface area (Å²) in [6, 6.07) is 8.38. The van der Waals surface area contributed by atoms with Gasteiger partial charge in [0.05, 0.1) is 6.33 Å². The number of hydrogen-bond acceptors (Lipinski definition) is 7. The molecule has 2 N–H and O–H groups in total. The Bertz CT molecular complexity index is 1260. The number of rotatable bonds is 6. The largest absolute Gasteiger partial charge is 0.454 e. The first-order valence-electron chi connectivity index (χ1n) is 9.16. The van der Waals surface area contributed by atoms with Gasteiger partial charge in [0.2, 0.25) is 0 Å². The summed E-state index contributed by atoms with van der Waals surface area (Å²) in [5, 5.41) is 4.55. The van der Waals surface area contributed by atoms with E-state index in [0.717, 1.165) is 10.1 Å². The molecule has 0 unspecified atom stereocenters. The molecule has 3 amide bonds. The molecule has 0 atom stereocenters. The maximum atomic E-state index is 12.3. The van der Waals surface area contributed by atoms with Gasteiger partial charge in [-0.25, -0.2) is 14.6 Å². The molecule has 0 aliphatic rings. The van der Waals surface area contributed by atoms with E-state index >= 15 is 0 Å². The fraction of sp³-hybridized carbons (Fsp3) is 0.263. The van der Waals surface area contributed by atoms with Crippen molar-refractivity contribution in [3.63, 3.8) is 0 Å². The number of carbonyl (C=O) groups excluding carboxylic acids is 3. The summed E-state index contributed by atoms with van der Waals surface area (Å²) in [5.41, 5.74) is -0.142. The minimum atomic E-state index is -0.824. The van der Waals surface area contributed by atoms with Crippen LogP contribution in [0, 0.1) is 0 Å².